The maximum Gasteiger partial charge on any atom is 0.334 e. The zero-order valence-electron chi connectivity index (χ0n) is 16.6. The molecule has 150 valence electrons. The Morgan fingerprint density at radius 3 is 2.59 bits per heavy atom. The van der Waals surface area contributed by atoms with Gasteiger partial charge in [0.25, 0.3) is 0 Å². The zero-order chi connectivity index (χ0) is 20.1. The first kappa shape index (κ1) is 20.0. The van der Waals surface area contributed by atoms with Crippen LogP contribution in [0.1, 0.15) is 47.0 Å². The highest BCUT2D eigenvalue weighted by atomic mass is 16.7. The van der Waals surface area contributed by atoms with Crippen LogP contribution >= 0.6 is 0 Å². The number of esters is 2. The first-order chi connectivity index (χ1) is 12.5. The van der Waals surface area contributed by atoms with Crippen LogP contribution < -0.4 is 0 Å². The van der Waals surface area contributed by atoms with Gasteiger partial charge < -0.3 is 18.9 Å². The Bertz CT molecular complexity index is 684. The molecule has 0 aromatic carbocycles. The van der Waals surface area contributed by atoms with Gasteiger partial charge in [-0.05, 0) is 13.3 Å². The molecule has 0 radical (unpaired) electrons. The van der Waals surface area contributed by atoms with E-state index in [9.17, 15) is 14.4 Å². The molecule has 0 aliphatic carbocycles. The molecule has 3 fully saturated rings. The number of carbonyl (C=O) groups excluding carboxylic acids is 3. The molecule has 27 heavy (non-hydrogen) atoms. The Balaban J connectivity index is 2.04. The Morgan fingerprint density at radius 2 is 2.00 bits per heavy atom. The molecule has 3 heterocycles. The normalized spacial score (nSPS) is 41.6. The van der Waals surface area contributed by atoms with E-state index in [2.05, 4.69) is 6.58 Å². The fourth-order valence-corrected chi connectivity index (χ4v) is 4.38. The van der Waals surface area contributed by atoms with Gasteiger partial charge in [-0.2, -0.15) is 0 Å². The molecule has 0 spiro atoms. The summed E-state index contributed by atoms with van der Waals surface area (Å²) >= 11 is 0. The Labute approximate surface area is 159 Å². The third-order valence-corrected chi connectivity index (χ3v) is 6.13. The average Bonchev–Trinajstić information content (AvgIpc) is 3.01. The monoisotopic (exact) mass is 380 g/mol. The molecule has 0 N–H and O–H groups in total. The quantitative estimate of drug-likeness (QED) is 0.548. The molecule has 0 saturated carbocycles. The summed E-state index contributed by atoms with van der Waals surface area (Å²) in [5, 5.41) is 0. The van der Waals surface area contributed by atoms with Gasteiger partial charge in [0.2, 0.25) is 0 Å². The maximum absolute atomic E-state index is 12.8. The Morgan fingerprint density at radius 1 is 1.33 bits per heavy atom. The van der Waals surface area contributed by atoms with E-state index in [1.54, 1.807) is 20.8 Å². The van der Waals surface area contributed by atoms with Crippen molar-refractivity contribution in [2.75, 3.05) is 7.11 Å². The summed E-state index contributed by atoms with van der Waals surface area (Å²) in [4.78, 5) is 37.4. The summed E-state index contributed by atoms with van der Waals surface area (Å²) in [5.74, 6) is -3.12. The number of hydrogen-bond donors (Lipinski definition) is 0. The lowest BCUT2D eigenvalue weighted by Gasteiger charge is -2.35. The molecular formula is C20H28O7. The highest BCUT2D eigenvalue weighted by molar-refractivity contribution is 5.92. The first-order valence-corrected chi connectivity index (χ1v) is 9.42. The van der Waals surface area contributed by atoms with Gasteiger partial charge in [-0.3, -0.25) is 9.59 Å². The van der Waals surface area contributed by atoms with Gasteiger partial charge in [-0.15, -0.1) is 0 Å². The summed E-state index contributed by atoms with van der Waals surface area (Å²) in [5.41, 5.74) is -0.901. The Hall–Kier alpha value is -1.73. The minimum atomic E-state index is -1.17. The van der Waals surface area contributed by atoms with Crippen molar-refractivity contribution in [3.8, 4) is 0 Å². The minimum Gasteiger partial charge on any atom is -0.461 e. The van der Waals surface area contributed by atoms with E-state index >= 15 is 0 Å². The smallest absolute Gasteiger partial charge is 0.334 e. The van der Waals surface area contributed by atoms with Crippen LogP contribution in [0, 0.1) is 17.8 Å². The van der Waals surface area contributed by atoms with Crippen molar-refractivity contribution in [1.29, 1.82) is 0 Å². The molecule has 7 heteroatoms. The zero-order valence-corrected chi connectivity index (χ0v) is 16.6. The predicted octanol–water partition coefficient (Wildman–Crippen LogP) is 2.17. The summed E-state index contributed by atoms with van der Waals surface area (Å²) in [6.45, 7) is 10.9. The Kier molecular flexibility index (Phi) is 4.97. The molecule has 3 aliphatic heterocycles. The van der Waals surface area contributed by atoms with Gasteiger partial charge >= 0.3 is 11.9 Å². The minimum absolute atomic E-state index is 0.101. The van der Waals surface area contributed by atoms with Crippen LogP contribution in [-0.4, -0.2) is 48.4 Å². The van der Waals surface area contributed by atoms with Crippen molar-refractivity contribution in [3.63, 3.8) is 0 Å². The van der Waals surface area contributed by atoms with Gasteiger partial charge in [0.15, 0.2) is 11.6 Å². The highest BCUT2D eigenvalue weighted by Crippen LogP contribution is 2.49. The van der Waals surface area contributed by atoms with Crippen molar-refractivity contribution in [3.05, 3.63) is 12.2 Å². The lowest BCUT2D eigenvalue weighted by Crippen LogP contribution is -2.43. The standard InChI is InChI=1S/C20H28O7/c1-10(2)17(22)26-14-8-19(5)15(21)9-20(24-6,27-19)11(3)7-13-16(14)12(4)18(23)25-13/h10-11,13-14,16H,4,7-9H2,1-3,5-6H3/t11-,13+,14+,16-,19?,20?/m0/s1. The van der Waals surface area contributed by atoms with Crippen molar-refractivity contribution in [2.45, 2.75) is 70.6 Å². The third-order valence-electron chi connectivity index (χ3n) is 6.13. The van der Waals surface area contributed by atoms with E-state index in [1.165, 1.54) is 7.11 Å². The number of methoxy groups -OCH3 is 1. The van der Waals surface area contributed by atoms with E-state index in [-0.39, 0.29) is 36.0 Å². The number of ketones is 1. The lowest BCUT2D eigenvalue weighted by atomic mass is 9.78. The van der Waals surface area contributed by atoms with Crippen LogP contribution in [0.25, 0.3) is 0 Å². The molecule has 2 bridgehead atoms. The van der Waals surface area contributed by atoms with Gasteiger partial charge in [-0.1, -0.05) is 27.4 Å². The van der Waals surface area contributed by atoms with Crippen molar-refractivity contribution < 1.29 is 33.3 Å². The molecule has 7 nitrogen and oxygen atoms in total. The van der Waals surface area contributed by atoms with E-state index in [1.807, 2.05) is 6.92 Å². The summed E-state index contributed by atoms with van der Waals surface area (Å²) in [6, 6.07) is 0. The van der Waals surface area contributed by atoms with E-state index in [0.717, 1.165) is 0 Å². The second-order valence-corrected chi connectivity index (χ2v) is 8.41. The van der Waals surface area contributed by atoms with Crippen molar-refractivity contribution in [2.24, 2.45) is 17.8 Å². The number of rotatable bonds is 3. The van der Waals surface area contributed by atoms with Gasteiger partial charge in [0.1, 0.15) is 17.8 Å². The number of ether oxygens (including phenoxy) is 4. The van der Waals surface area contributed by atoms with Gasteiger partial charge in [0, 0.05) is 25.0 Å². The number of fused-ring (bicyclic) bond motifs is 3. The molecule has 0 amide bonds. The largest absolute Gasteiger partial charge is 0.461 e. The second kappa shape index (κ2) is 6.71. The molecule has 3 saturated heterocycles. The molecule has 3 aliphatic rings. The SMILES string of the molecule is C=C1C(=O)O[C@@H]2C[C@H](C)C3(OC)CC(=O)C(C)(C[C@@H](OC(=O)C(C)C)[C@@H]12)O3. The average molecular weight is 380 g/mol. The maximum atomic E-state index is 12.8. The fourth-order valence-electron chi connectivity index (χ4n) is 4.38. The third kappa shape index (κ3) is 3.21. The van der Waals surface area contributed by atoms with E-state index < -0.39 is 41.5 Å². The number of carbonyl (C=O) groups is 3. The van der Waals surface area contributed by atoms with Crippen molar-refractivity contribution in [1.82, 2.24) is 0 Å². The van der Waals surface area contributed by atoms with E-state index in [4.69, 9.17) is 18.9 Å². The first-order valence-electron chi connectivity index (χ1n) is 9.42. The number of Topliss-reactive ketones (excluding diaryl/α,β-unsaturated/α-hetero) is 1. The molecule has 2 unspecified atom stereocenters. The molecule has 0 aromatic heterocycles. The van der Waals surface area contributed by atoms with Gasteiger partial charge in [0.05, 0.1) is 18.3 Å². The molecule has 0 aromatic rings. The van der Waals surface area contributed by atoms with Crippen LogP contribution in [0.5, 0.6) is 0 Å². The van der Waals surface area contributed by atoms with E-state index in [0.29, 0.717) is 6.42 Å². The molecular weight excluding hydrogens is 352 g/mol. The number of hydrogen-bond acceptors (Lipinski definition) is 7. The highest BCUT2D eigenvalue weighted by Gasteiger charge is 2.61. The fraction of sp³-hybridized carbons (Fsp3) is 0.750. The summed E-state index contributed by atoms with van der Waals surface area (Å²) in [6.07, 6.45) is -0.589. The second-order valence-electron chi connectivity index (χ2n) is 8.41. The predicted molar refractivity (Wildman–Crippen MR) is 94.5 cm³/mol. The van der Waals surface area contributed by atoms with Crippen LogP contribution in [0.2, 0.25) is 0 Å². The van der Waals surface area contributed by atoms with Crippen LogP contribution in [0.3, 0.4) is 0 Å². The molecule has 3 rings (SSSR count). The topological polar surface area (TPSA) is 88.1 Å². The van der Waals surface area contributed by atoms with Crippen LogP contribution in [0.4, 0.5) is 0 Å². The summed E-state index contributed by atoms with van der Waals surface area (Å²) < 4.78 is 23.1. The van der Waals surface area contributed by atoms with Crippen LogP contribution in [0.15, 0.2) is 12.2 Å². The molecule has 6 atom stereocenters. The summed E-state index contributed by atoms with van der Waals surface area (Å²) in [7, 11) is 1.51. The lowest BCUT2D eigenvalue weighted by molar-refractivity contribution is -0.264. The van der Waals surface area contributed by atoms with Crippen molar-refractivity contribution >= 4 is 17.7 Å². The van der Waals surface area contributed by atoms with Crippen LogP contribution in [-0.2, 0) is 33.3 Å². The van der Waals surface area contributed by atoms with Gasteiger partial charge in [-0.25, -0.2) is 4.79 Å².